The van der Waals surface area contributed by atoms with Crippen LogP contribution in [-0.4, -0.2) is 204 Å². The van der Waals surface area contributed by atoms with Crippen molar-refractivity contribution in [3.8, 4) is 52.1 Å². The highest BCUT2D eigenvalue weighted by Crippen LogP contribution is 2.46. The molecule has 660 valence electrons. The van der Waals surface area contributed by atoms with Crippen molar-refractivity contribution in [1.82, 2.24) is 70.7 Å². The molecular formula is C85H88F9N17O14. The molecule has 8 heterocycles. The van der Waals surface area contributed by atoms with Crippen LogP contribution in [0, 0.1) is 6.92 Å². The third kappa shape index (κ3) is 21.2. The number of halogens is 9. The minimum absolute atomic E-state index is 0.0146. The van der Waals surface area contributed by atoms with Gasteiger partial charge in [0.05, 0.1) is 82.4 Å². The van der Waals surface area contributed by atoms with Crippen molar-refractivity contribution in [2.24, 2.45) is 0 Å². The SMILES string of the molecule is COc1cc(C(=O)NC2CCN(C)CC2)ccc1Nc1ncc(C(F)(F)F)c(Oc2ccc(C)c3c2C(=O)CC3)n1.COc1cc(C(=O)NC2CCN(C)CC2)ccc1Nc1ncc(C(F)(F)F)c(Oc2cccc3c2C(=O)N(OC)C3)n1.COc1cc(C(=O)NC2CCN(C)CC2)ccc1Nc1ncc(C(F)(F)F)c(Oc2cccc3c2C(=O)N(OC)C3)n1. The molecule has 40 heteroatoms. The van der Waals surface area contributed by atoms with Crippen molar-refractivity contribution in [2.75, 3.05) is 112 Å². The maximum absolute atomic E-state index is 13.9. The van der Waals surface area contributed by atoms with Crippen molar-refractivity contribution in [3.63, 3.8) is 0 Å². The number of nitrogens with zero attached hydrogens (tertiary/aromatic N) is 11. The van der Waals surface area contributed by atoms with Crippen LogP contribution in [0.25, 0.3) is 0 Å². The van der Waals surface area contributed by atoms with E-state index >= 15 is 0 Å². The van der Waals surface area contributed by atoms with Gasteiger partial charge in [-0.15, -0.1) is 0 Å². The van der Waals surface area contributed by atoms with Crippen molar-refractivity contribution >= 4 is 70.2 Å². The van der Waals surface area contributed by atoms with Gasteiger partial charge >= 0.3 is 18.5 Å². The van der Waals surface area contributed by atoms with Crippen LogP contribution in [0.3, 0.4) is 0 Å². The van der Waals surface area contributed by atoms with Crippen LogP contribution in [-0.2, 0) is 47.7 Å². The lowest BCUT2D eigenvalue weighted by Crippen LogP contribution is -2.43. The number of aromatic nitrogens is 6. The number of rotatable bonds is 23. The molecule has 31 nitrogen and oxygen atoms in total. The van der Waals surface area contributed by atoms with Gasteiger partial charge in [-0.1, -0.05) is 30.3 Å². The van der Waals surface area contributed by atoms with Gasteiger partial charge in [-0.2, -0.15) is 54.5 Å². The summed E-state index contributed by atoms with van der Waals surface area (Å²) in [6.45, 7) is 7.46. The molecule has 0 saturated carbocycles. The Morgan fingerprint density at radius 2 is 0.728 bits per heavy atom. The number of hydrogen-bond acceptors (Lipinski definition) is 26. The molecule has 6 aromatic carbocycles. The smallest absolute Gasteiger partial charge is 0.423 e. The number of ether oxygens (including phenoxy) is 6. The Bertz CT molecular complexity index is 5310. The molecule has 5 amide bonds. The first-order chi connectivity index (χ1) is 59.7. The zero-order valence-electron chi connectivity index (χ0n) is 69.1. The number of aryl methyl sites for hydroxylation is 1. The second-order valence-corrected chi connectivity index (χ2v) is 30.1. The number of benzene rings is 6. The highest BCUT2D eigenvalue weighted by molar-refractivity contribution is 6.04. The molecule has 6 N–H and O–H groups in total. The largest absolute Gasteiger partial charge is 0.495 e. The molecule has 0 unspecified atom stereocenters. The molecule has 0 bridgehead atoms. The van der Waals surface area contributed by atoms with E-state index in [2.05, 4.69) is 76.5 Å². The number of anilines is 6. The van der Waals surface area contributed by atoms with Gasteiger partial charge < -0.3 is 75.0 Å². The fourth-order valence-electron chi connectivity index (χ4n) is 14.7. The lowest BCUT2D eigenvalue weighted by atomic mass is 10.0. The predicted octanol–water partition coefficient (Wildman–Crippen LogP) is 14.1. The van der Waals surface area contributed by atoms with E-state index in [9.17, 15) is 68.3 Å². The molecule has 0 spiro atoms. The fraction of sp³-hybridized carbons (Fsp3) is 0.365. The Morgan fingerprint density at radius 1 is 0.408 bits per heavy atom. The van der Waals surface area contributed by atoms with E-state index in [-0.39, 0.29) is 130 Å². The van der Waals surface area contributed by atoms with Crippen molar-refractivity contribution in [3.05, 3.63) is 194 Å². The number of amides is 5. The standard InChI is InChI=1S/C29H30F3N5O4.2C28H29F3N6O5/c1-16-4-9-23(25-19(16)6-8-22(25)38)41-27-20(29(30,31)32)15-33-28(36-27)35-21-7-5-17(14-24(21)40-3)26(39)34-18-10-12-37(2)13-11-18;2*1-36-11-9-18(10-12-36)33-24(38)16-7-8-20(22(13-16)40-2)34-27-32-14-19(28(29,30)31)25(35-27)42-21-6-4-5-17-15-37(41-3)26(39)23(17)21/h4-5,7,9,14-15,18H,6,8,10-13H2,1-3H3,(H,34,39)(H,33,35,36);2*4-8,13-14,18H,9-12,15H2,1-3H3,(H,33,38)(H,32,34,35). The fourth-order valence-corrected chi connectivity index (χ4v) is 14.7. The third-order valence-electron chi connectivity index (χ3n) is 21.7. The van der Waals surface area contributed by atoms with Gasteiger partial charge in [0.1, 0.15) is 51.2 Å². The van der Waals surface area contributed by atoms with Crippen LogP contribution in [0.4, 0.5) is 74.4 Å². The quantitative estimate of drug-likeness (QED) is 0.0324. The average Bonchev–Trinajstić information content (AvgIpc) is 1.71. The summed E-state index contributed by atoms with van der Waals surface area (Å²) in [5, 5.41) is 19.7. The number of piperidine rings is 3. The molecule has 3 aromatic heterocycles. The van der Waals surface area contributed by atoms with E-state index in [1.807, 2.05) is 28.1 Å². The average molecular weight is 1740 g/mol. The third-order valence-corrected chi connectivity index (χ3v) is 21.7. The van der Waals surface area contributed by atoms with E-state index in [1.165, 1.54) is 71.9 Å². The zero-order chi connectivity index (χ0) is 89.3. The monoisotopic (exact) mass is 1740 g/mol. The first kappa shape index (κ1) is 89.7. The topological polar surface area (TPSA) is 342 Å². The van der Waals surface area contributed by atoms with Gasteiger partial charge in [-0.05, 0) is 207 Å². The van der Waals surface area contributed by atoms with Crippen LogP contribution >= 0.6 is 0 Å². The van der Waals surface area contributed by atoms with Crippen molar-refractivity contribution in [1.29, 1.82) is 0 Å². The maximum atomic E-state index is 13.9. The predicted molar refractivity (Wildman–Crippen MR) is 435 cm³/mol. The second kappa shape index (κ2) is 38.4. The molecule has 3 fully saturated rings. The molecule has 125 heavy (non-hydrogen) atoms. The van der Waals surface area contributed by atoms with Crippen LogP contribution in [0.5, 0.6) is 52.1 Å². The Labute approximate surface area is 710 Å². The maximum Gasteiger partial charge on any atom is 0.423 e. The first-order valence-corrected chi connectivity index (χ1v) is 39.5. The summed E-state index contributed by atoms with van der Waals surface area (Å²) in [5.41, 5.74) is 1.55. The molecular weight excluding hydrogens is 1650 g/mol. The summed E-state index contributed by atoms with van der Waals surface area (Å²) in [7, 11) is 13.0. The highest BCUT2D eigenvalue weighted by Gasteiger charge is 2.42. The number of alkyl halides is 9. The van der Waals surface area contributed by atoms with Gasteiger partial charge in [0.25, 0.3) is 29.5 Å². The Balaban J connectivity index is 0.000000161. The van der Waals surface area contributed by atoms with Gasteiger partial charge in [-0.25, -0.2) is 25.1 Å². The number of methoxy groups -OCH3 is 3. The number of hydroxylamine groups is 4. The van der Waals surface area contributed by atoms with Crippen molar-refractivity contribution < 1.29 is 106 Å². The molecule has 0 radical (unpaired) electrons. The summed E-state index contributed by atoms with van der Waals surface area (Å²) in [4.78, 5) is 117. The molecule has 15 rings (SSSR count). The minimum Gasteiger partial charge on any atom is -0.495 e. The summed E-state index contributed by atoms with van der Waals surface area (Å²) < 4.78 is 158. The van der Waals surface area contributed by atoms with Gasteiger partial charge in [0, 0.05) is 59.8 Å². The summed E-state index contributed by atoms with van der Waals surface area (Å²) in [5.74, 6) is -4.45. The highest BCUT2D eigenvalue weighted by atomic mass is 19.4. The van der Waals surface area contributed by atoms with E-state index in [0.29, 0.717) is 69.9 Å². The van der Waals surface area contributed by atoms with E-state index in [0.717, 1.165) is 99.0 Å². The van der Waals surface area contributed by atoms with Gasteiger partial charge in [-0.3, -0.25) is 38.4 Å². The number of ketones is 1. The number of hydrogen-bond donors (Lipinski definition) is 6. The number of Topliss-reactive ketones (excluding diaryl/α,β-unsaturated/α-hetero) is 1. The minimum atomic E-state index is -4.84. The summed E-state index contributed by atoms with van der Waals surface area (Å²) in [6.07, 6.45) is -6.80. The van der Waals surface area contributed by atoms with Gasteiger partial charge in [0.2, 0.25) is 35.5 Å². The second-order valence-electron chi connectivity index (χ2n) is 30.1. The van der Waals surface area contributed by atoms with Gasteiger partial charge in [0.15, 0.2) is 5.78 Å². The Kier molecular flexibility index (Phi) is 27.5. The molecule has 6 aliphatic rings. The number of nitrogens with one attached hydrogen (secondary N) is 6. The summed E-state index contributed by atoms with van der Waals surface area (Å²) in [6, 6.07) is 26.5. The van der Waals surface area contributed by atoms with Crippen LogP contribution in [0.15, 0.2) is 122 Å². The lowest BCUT2D eigenvalue weighted by molar-refractivity contribution is -0.140. The van der Waals surface area contributed by atoms with Crippen LogP contribution in [0.2, 0.25) is 0 Å². The Morgan fingerprint density at radius 3 is 1.03 bits per heavy atom. The molecule has 3 saturated heterocycles. The number of carbonyl (C=O) groups excluding carboxylic acids is 6. The summed E-state index contributed by atoms with van der Waals surface area (Å²) >= 11 is 0. The number of fused-ring (bicyclic) bond motifs is 3. The van der Waals surface area contributed by atoms with Crippen LogP contribution in [0.1, 0.15) is 146 Å². The van der Waals surface area contributed by atoms with Crippen molar-refractivity contribution in [2.45, 2.75) is 108 Å². The molecule has 1 aliphatic carbocycles. The first-order valence-electron chi connectivity index (χ1n) is 39.5. The zero-order valence-corrected chi connectivity index (χ0v) is 69.1. The van der Waals surface area contributed by atoms with Crippen LogP contribution < -0.4 is 60.3 Å². The van der Waals surface area contributed by atoms with E-state index in [4.69, 9.17) is 38.1 Å². The number of likely N-dealkylation sites (tertiary alicyclic amines) is 3. The molecule has 0 atom stereocenters. The number of carbonyl (C=O) groups is 6. The lowest BCUT2D eigenvalue weighted by Gasteiger charge is -2.29. The normalized spacial score (nSPS) is 15.9. The molecule has 9 aromatic rings. The van der Waals surface area contributed by atoms with E-state index < -0.39 is 64.7 Å². The molecule has 5 aliphatic heterocycles. The van der Waals surface area contributed by atoms with E-state index in [1.54, 1.807) is 66.7 Å². The Hall–Kier alpha value is -13.1.